The van der Waals surface area contributed by atoms with Crippen LogP contribution in [-0.2, 0) is 10.0 Å². The summed E-state index contributed by atoms with van der Waals surface area (Å²) in [7, 11) is -3.74. The quantitative estimate of drug-likeness (QED) is 0.626. The molecule has 0 saturated carbocycles. The standard InChI is InChI=1S/C11H13ClF3NO2S2/c1-8(6-12)7-20(17,18)16-9-4-2-3-5-10(9)19-11(13,14)15/h2-5,8,16H,6-7H2,1H3. The van der Waals surface area contributed by atoms with Gasteiger partial charge in [-0.3, -0.25) is 4.72 Å². The number of benzene rings is 1. The molecular weight excluding hydrogens is 335 g/mol. The van der Waals surface area contributed by atoms with Crippen molar-refractivity contribution in [3.8, 4) is 0 Å². The van der Waals surface area contributed by atoms with E-state index in [1.807, 2.05) is 0 Å². The number of nitrogens with one attached hydrogen (secondary N) is 1. The molecule has 1 aromatic carbocycles. The first kappa shape index (κ1) is 17.5. The van der Waals surface area contributed by atoms with Gasteiger partial charge in [0, 0.05) is 10.8 Å². The third-order valence-corrected chi connectivity index (χ3v) is 5.02. The van der Waals surface area contributed by atoms with E-state index in [4.69, 9.17) is 11.6 Å². The van der Waals surface area contributed by atoms with E-state index in [0.717, 1.165) is 0 Å². The highest BCUT2D eigenvalue weighted by molar-refractivity contribution is 8.00. The number of hydrogen-bond donors (Lipinski definition) is 1. The fourth-order valence-electron chi connectivity index (χ4n) is 1.39. The van der Waals surface area contributed by atoms with Crippen LogP contribution in [0.1, 0.15) is 6.92 Å². The van der Waals surface area contributed by atoms with E-state index < -0.39 is 15.5 Å². The molecule has 1 rings (SSSR count). The number of halogens is 4. The van der Waals surface area contributed by atoms with E-state index in [-0.39, 0.29) is 39.9 Å². The summed E-state index contributed by atoms with van der Waals surface area (Å²) in [5.74, 6) is -0.391. The minimum Gasteiger partial charge on any atom is -0.282 e. The summed E-state index contributed by atoms with van der Waals surface area (Å²) in [6.07, 6.45) is 0. The maximum Gasteiger partial charge on any atom is 0.446 e. The van der Waals surface area contributed by atoms with E-state index in [9.17, 15) is 21.6 Å². The molecule has 0 heterocycles. The molecule has 0 aromatic heterocycles. The summed E-state index contributed by atoms with van der Waals surface area (Å²) in [6, 6.07) is 5.37. The lowest BCUT2D eigenvalue weighted by atomic mass is 10.3. The Hall–Kier alpha value is -0.600. The highest BCUT2D eigenvalue weighted by Crippen LogP contribution is 2.40. The Kier molecular flexibility index (Phi) is 6.03. The topological polar surface area (TPSA) is 46.2 Å². The van der Waals surface area contributed by atoms with Crippen molar-refractivity contribution in [2.45, 2.75) is 17.3 Å². The zero-order chi connectivity index (χ0) is 15.4. The first-order chi connectivity index (χ1) is 9.13. The highest BCUT2D eigenvalue weighted by Gasteiger charge is 2.31. The van der Waals surface area contributed by atoms with Crippen LogP contribution in [0, 0.1) is 5.92 Å². The predicted octanol–water partition coefficient (Wildman–Crippen LogP) is 3.92. The average Bonchev–Trinajstić information content (AvgIpc) is 2.28. The van der Waals surface area contributed by atoms with Gasteiger partial charge < -0.3 is 0 Å². The summed E-state index contributed by atoms with van der Waals surface area (Å²) >= 11 is 5.17. The maximum atomic E-state index is 12.4. The molecule has 3 nitrogen and oxygen atoms in total. The van der Waals surface area contributed by atoms with Crippen molar-refractivity contribution in [3.63, 3.8) is 0 Å². The van der Waals surface area contributed by atoms with Crippen LogP contribution >= 0.6 is 23.4 Å². The maximum absolute atomic E-state index is 12.4. The molecule has 0 aliphatic carbocycles. The van der Waals surface area contributed by atoms with E-state index in [1.54, 1.807) is 6.92 Å². The molecule has 0 aliphatic rings. The zero-order valence-corrected chi connectivity index (χ0v) is 12.8. The van der Waals surface area contributed by atoms with Crippen molar-refractivity contribution < 1.29 is 21.6 Å². The Balaban J connectivity index is 2.92. The van der Waals surface area contributed by atoms with Crippen LogP contribution in [0.3, 0.4) is 0 Å². The summed E-state index contributed by atoms with van der Waals surface area (Å²) in [4.78, 5) is -0.192. The minimum atomic E-state index is -4.48. The number of rotatable bonds is 6. The number of para-hydroxylation sites is 1. The molecule has 0 aliphatic heterocycles. The molecule has 1 unspecified atom stereocenters. The van der Waals surface area contributed by atoms with Crippen LogP contribution in [0.4, 0.5) is 18.9 Å². The lowest BCUT2D eigenvalue weighted by molar-refractivity contribution is -0.0327. The largest absolute Gasteiger partial charge is 0.446 e. The molecule has 0 bridgehead atoms. The molecule has 20 heavy (non-hydrogen) atoms. The highest BCUT2D eigenvalue weighted by atomic mass is 35.5. The summed E-state index contributed by atoms with van der Waals surface area (Å²) < 4.78 is 63.0. The second kappa shape index (κ2) is 6.91. The SMILES string of the molecule is CC(CCl)CS(=O)(=O)Nc1ccccc1SC(F)(F)F. The molecule has 1 aromatic rings. The molecular formula is C11H13ClF3NO2S2. The number of anilines is 1. The van der Waals surface area contributed by atoms with Gasteiger partial charge in [-0.15, -0.1) is 11.6 Å². The van der Waals surface area contributed by atoms with E-state index in [1.165, 1.54) is 24.3 Å². The molecule has 0 saturated heterocycles. The van der Waals surface area contributed by atoms with Gasteiger partial charge >= 0.3 is 5.51 Å². The smallest absolute Gasteiger partial charge is 0.282 e. The van der Waals surface area contributed by atoms with E-state index in [2.05, 4.69) is 4.72 Å². The molecule has 0 amide bonds. The van der Waals surface area contributed by atoms with Crippen LogP contribution in [0.25, 0.3) is 0 Å². The van der Waals surface area contributed by atoms with Crippen molar-refractivity contribution in [2.75, 3.05) is 16.4 Å². The third-order valence-electron chi connectivity index (χ3n) is 2.15. The number of sulfonamides is 1. The summed E-state index contributed by atoms with van der Waals surface area (Å²) in [5.41, 5.74) is -4.57. The van der Waals surface area contributed by atoms with Crippen molar-refractivity contribution in [1.82, 2.24) is 0 Å². The van der Waals surface area contributed by atoms with Crippen molar-refractivity contribution >= 4 is 39.1 Å². The molecule has 0 spiro atoms. The monoisotopic (exact) mass is 347 g/mol. The van der Waals surface area contributed by atoms with E-state index in [0.29, 0.717) is 0 Å². The third kappa shape index (κ3) is 6.23. The normalized spacial score (nSPS) is 14.1. The second-order valence-electron chi connectivity index (χ2n) is 4.19. The second-order valence-corrected chi connectivity index (χ2v) is 7.37. The fourth-order valence-corrected chi connectivity index (χ4v) is 3.78. The Morgan fingerprint density at radius 3 is 2.50 bits per heavy atom. The summed E-state index contributed by atoms with van der Waals surface area (Å²) in [6.45, 7) is 1.64. The van der Waals surface area contributed by atoms with Crippen molar-refractivity contribution in [1.29, 1.82) is 0 Å². The van der Waals surface area contributed by atoms with Crippen molar-refractivity contribution in [2.24, 2.45) is 5.92 Å². The van der Waals surface area contributed by atoms with Gasteiger partial charge in [-0.25, -0.2) is 8.42 Å². The molecule has 1 N–H and O–H groups in total. The molecule has 0 fully saturated rings. The van der Waals surface area contributed by atoms with Gasteiger partial charge in [0.15, 0.2) is 0 Å². The van der Waals surface area contributed by atoms with Crippen LogP contribution in [-0.4, -0.2) is 25.6 Å². The number of hydrogen-bond acceptors (Lipinski definition) is 3. The van der Waals surface area contributed by atoms with Crippen molar-refractivity contribution in [3.05, 3.63) is 24.3 Å². The van der Waals surface area contributed by atoms with Gasteiger partial charge in [0.2, 0.25) is 10.0 Å². The van der Waals surface area contributed by atoms with Crippen LogP contribution in [0.15, 0.2) is 29.2 Å². The van der Waals surface area contributed by atoms with Gasteiger partial charge in [-0.1, -0.05) is 19.1 Å². The van der Waals surface area contributed by atoms with Crippen LogP contribution < -0.4 is 4.72 Å². The Bertz CT molecular complexity index is 549. The average molecular weight is 348 g/mol. The van der Waals surface area contributed by atoms with E-state index >= 15 is 0 Å². The summed E-state index contributed by atoms with van der Waals surface area (Å²) in [5, 5.41) is 0. The molecule has 1 atom stereocenters. The minimum absolute atomic E-state index is 0.0865. The zero-order valence-electron chi connectivity index (χ0n) is 10.4. The lowest BCUT2D eigenvalue weighted by Gasteiger charge is -2.14. The first-order valence-electron chi connectivity index (χ1n) is 5.54. The molecule has 114 valence electrons. The fraction of sp³-hybridized carbons (Fsp3) is 0.455. The lowest BCUT2D eigenvalue weighted by Crippen LogP contribution is -2.22. The van der Waals surface area contributed by atoms with Gasteiger partial charge in [0.25, 0.3) is 0 Å². The first-order valence-corrected chi connectivity index (χ1v) is 8.54. The Labute approximate surface area is 124 Å². The van der Waals surface area contributed by atoms with Gasteiger partial charge in [0.1, 0.15) is 0 Å². The Morgan fingerprint density at radius 1 is 1.35 bits per heavy atom. The van der Waals surface area contributed by atoms with Crippen LogP contribution in [0.5, 0.6) is 0 Å². The predicted molar refractivity (Wildman–Crippen MR) is 75.6 cm³/mol. The Morgan fingerprint density at radius 2 is 1.95 bits per heavy atom. The number of thioether (sulfide) groups is 1. The van der Waals surface area contributed by atoms with Crippen LogP contribution in [0.2, 0.25) is 0 Å². The van der Waals surface area contributed by atoms with Gasteiger partial charge in [0.05, 0.1) is 11.4 Å². The molecule has 0 radical (unpaired) electrons. The molecule has 9 heteroatoms. The van der Waals surface area contributed by atoms with Gasteiger partial charge in [-0.2, -0.15) is 13.2 Å². The number of alkyl halides is 4. The van der Waals surface area contributed by atoms with Gasteiger partial charge in [-0.05, 0) is 29.8 Å².